The summed E-state index contributed by atoms with van der Waals surface area (Å²) in [6.45, 7) is 4.48. The summed E-state index contributed by atoms with van der Waals surface area (Å²) in [5.74, 6) is 1.35. The Morgan fingerprint density at radius 1 is 1.33 bits per heavy atom. The third-order valence-electron chi connectivity index (χ3n) is 3.50. The van der Waals surface area contributed by atoms with Crippen LogP contribution in [0, 0.1) is 0 Å². The lowest BCUT2D eigenvalue weighted by molar-refractivity contribution is 0.103. The van der Waals surface area contributed by atoms with Crippen LogP contribution in [0.1, 0.15) is 39.0 Å². The summed E-state index contributed by atoms with van der Waals surface area (Å²) in [5.41, 5.74) is 0. The highest BCUT2D eigenvalue weighted by Gasteiger charge is 2.21. The molecule has 0 spiro atoms. The normalized spacial score (nSPS) is 37.0. The summed E-state index contributed by atoms with van der Waals surface area (Å²) in [6.07, 6.45) is 7.03. The van der Waals surface area contributed by atoms with Gasteiger partial charge in [-0.2, -0.15) is 11.8 Å². The van der Waals surface area contributed by atoms with Crippen LogP contribution in [0.15, 0.2) is 0 Å². The van der Waals surface area contributed by atoms with Crippen LogP contribution in [0.4, 0.5) is 0 Å². The monoisotopic (exact) mass is 229 g/mol. The zero-order valence-electron chi connectivity index (χ0n) is 9.71. The number of ether oxygens (including phenoxy) is 1. The topological polar surface area (TPSA) is 21.3 Å². The highest BCUT2D eigenvalue weighted by molar-refractivity contribution is 7.99. The first-order valence-corrected chi connectivity index (χ1v) is 7.38. The number of nitrogens with one attached hydrogen (secondary N) is 1. The van der Waals surface area contributed by atoms with Gasteiger partial charge in [0.1, 0.15) is 0 Å². The number of rotatable bonds is 4. The minimum Gasteiger partial charge on any atom is -0.378 e. The molecule has 0 bridgehead atoms. The van der Waals surface area contributed by atoms with Gasteiger partial charge in [-0.05, 0) is 44.4 Å². The summed E-state index contributed by atoms with van der Waals surface area (Å²) < 4.78 is 5.62. The predicted octanol–water partition coefficient (Wildman–Crippen LogP) is 2.43. The molecule has 0 aromatic carbocycles. The van der Waals surface area contributed by atoms with Crippen molar-refractivity contribution in [3.63, 3.8) is 0 Å². The Balaban J connectivity index is 1.59. The second kappa shape index (κ2) is 6.12. The Morgan fingerprint density at radius 2 is 2.27 bits per heavy atom. The van der Waals surface area contributed by atoms with E-state index in [-0.39, 0.29) is 0 Å². The van der Waals surface area contributed by atoms with E-state index in [0.29, 0.717) is 6.10 Å². The largest absolute Gasteiger partial charge is 0.378 e. The Kier molecular flexibility index (Phi) is 4.79. The number of thioether (sulfide) groups is 1. The lowest BCUT2D eigenvalue weighted by atomic mass is 10.1. The summed E-state index contributed by atoms with van der Waals surface area (Å²) in [5, 5.41) is 4.49. The maximum absolute atomic E-state index is 5.62. The van der Waals surface area contributed by atoms with E-state index in [4.69, 9.17) is 4.74 Å². The summed E-state index contributed by atoms with van der Waals surface area (Å²) >= 11 is 2.12. The smallest absolute Gasteiger partial charge is 0.0588 e. The molecular weight excluding hydrogens is 206 g/mol. The van der Waals surface area contributed by atoms with Crippen molar-refractivity contribution in [2.75, 3.05) is 18.9 Å². The molecule has 2 rings (SSSR count). The molecule has 2 heterocycles. The molecule has 3 unspecified atom stereocenters. The molecule has 2 aliphatic rings. The van der Waals surface area contributed by atoms with Gasteiger partial charge in [0.25, 0.3) is 0 Å². The second-order valence-electron chi connectivity index (χ2n) is 4.70. The van der Waals surface area contributed by atoms with E-state index in [9.17, 15) is 0 Å². The summed E-state index contributed by atoms with van der Waals surface area (Å²) in [4.78, 5) is 0. The van der Waals surface area contributed by atoms with Crippen molar-refractivity contribution < 1.29 is 4.74 Å². The molecule has 0 aliphatic carbocycles. The zero-order chi connectivity index (χ0) is 10.5. The molecule has 0 aromatic rings. The third kappa shape index (κ3) is 3.65. The quantitative estimate of drug-likeness (QED) is 0.800. The molecule has 88 valence electrons. The fraction of sp³-hybridized carbons (Fsp3) is 1.00. The molecule has 2 fully saturated rings. The van der Waals surface area contributed by atoms with Crippen molar-refractivity contribution in [2.45, 2.75) is 56.4 Å². The van der Waals surface area contributed by atoms with Gasteiger partial charge in [0, 0.05) is 17.9 Å². The Morgan fingerprint density at radius 3 is 3.00 bits per heavy atom. The first-order chi connectivity index (χ1) is 7.36. The van der Waals surface area contributed by atoms with E-state index in [2.05, 4.69) is 24.0 Å². The SMILES string of the molecule is CC1SCCCC1NCCC1CCCO1. The molecule has 1 N–H and O–H groups in total. The molecule has 3 heteroatoms. The van der Waals surface area contributed by atoms with Gasteiger partial charge in [0.15, 0.2) is 0 Å². The summed E-state index contributed by atoms with van der Waals surface area (Å²) in [6, 6.07) is 0.741. The molecule has 2 saturated heterocycles. The van der Waals surface area contributed by atoms with Crippen LogP contribution in [0.2, 0.25) is 0 Å². The molecule has 0 amide bonds. The van der Waals surface area contributed by atoms with E-state index >= 15 is 0 Å². The molecule has 3 atom stereocenters. The Labute approximate surface area is 97.5 Å². The summed E-state index contributed by atoms with van der Waals surface area (Å²) in [7, 11) is 0. The maximum Gasteiger partial charge on any atom is 0.0588 e. The zero-order valence-corrected chi connectivity index (χ0v) is 10.5. The lowest BCUT2D eigenvalue weighted by Crippen LogP contribution is -2.40. The minimum absolute atomic E-state index is 0.545. The second-order valence-corrected chi connectivity index (χ2v) is 6.19. The lowest BCUT2D eigenvalue weighted by Gasteiger charge is -2.29. The van der Waals surface area contributed by atoms with Gasteiger partial charge in [0.05, 0.1) is 6.10 Å². The maximum atomic E-state index is 5.62. The van der Waals surface area contributed by atoms with Crippen molar-refractivity contribution in [2.24, 2.45) is 0 Å². The molecule has 15 heavy (non-hydrogen) atoms. The number of hydrogen-bond acceptors (Lipinski definition) is 3. The van der Waals surface area contributed by atoms with Crippen LogP contribution in [0.3, 0.4) is 0 Å². The van der Waals surface area contributed by atoms with E-state index in [1.807, 2.05) is 0 Å². The van der Waals surface area contributed by atoms with Gasteiger partial charge >= 0.3 is 0 Å². The fourth-order valence-electron chi connectivity index (χ4n) is 2.49. The van der Waals surface area contributed by atoms with Crippen LogP contribution in [-0.2, 0) is 4.74 Å². The van der Waals surface area contributed by atoms with Crippen molar-refractivity contribution >= 4 is 11.8 Å². The van der Waals surface area contributed by atoms with Gasteiger partial charge in [0.2, 0.25) is 0 Å². The van der Waals surface area contributed by atoms with E-state index in [0.717, 1.165) is 24.4 Å². The van der Waals surface area contributed by atoms with Crippen molar-refractivity contribution in [1.29, 1.82) is 0 Å². The molecule has 2 aliphatic heterocycles. The number of hydrogen-bond donors (Lipinski definition) is 1. The first kappa shape index (κ1) is 11.7. The average molecular weight is 229 g/mol. The van der Waals surface area contributed by atoms with E-state index < -0.39 is 0 Å². The molecule has 0 radical (unpaired) electrons. The fourth-order valence-corrected chi connectivity index (χ4v) is 3.66. The molecule has 0 saturated carbocycles. The van der Waals surface area contributed by atoms with Crippen molar-refractivity contribution in [3.05, 3.63) is 0 Å². The molecule has 0 aromatic heterocycles. The van der Waals surface area contributed by atoms with Crippen LogP contribution in [0.25, 0.3) is 0 Å². The van der Waals surface area contributed by atoms with Crippen molar-refractivity contribution in [1.82, 2.24) is 5.32 Å². The van der Waals surface area contributed by atoms with Gasteiger partial charge in [-0.25, -0.2) is 0 Å². The highest BCUT2D eigenvalue weighted by atomic mass is 32.2. The Hall–Kier alpha value is 0.270. The van der Waals surface area contributed by atoms with E-state index in [1.165, 1.54) is 37.9 Å². The van der Waals surface area contributed by atoms with Gasteiger partial charge in [-0.1, -0.05) is 6.92 Å². The third-order valence-corrected chi connectivity index (χ3v) is 4.88. The standard InChI is InChI=1S/C12H23NOS/c1-10-12(5-3-9-15-10)13-7-6-11-4-2-8-14-11/h10-13H,2-9H2,1H3. The molecular formula is C12H23NOS. The van der Waals surface area contributed by atoms with Crippen molar-refractivity contribution in [3.8, 4) is 0 Å². The minimum atomic E-state index is 0.545. The van der Waals surface area contributed by atoms with Gasteiger partial charge < -0.3 is 10.1 Å². The Bertz CT molecular complexity index is 182. The first-order valence-electron chi connectivity index (χ1n) is 6.33. The van der Waals surface area contributed by atoms with Crippen LogP contribution in [0.5, 0.6) is 0 Å². The van der Waals surface area contributed by atoms with Crippen LogP contribution < -0.4 is 5.32 Å². The van der Waals surface area contributed by atoms with Crippen LogP contribution >= 0.6 is 11.8 Å². The van der Waals surface area contributed by atoms with Crippen LogP contribution in [-0.4, -0.2) is 36.3 Å². The molecule has 2 nitrogen and oxygen atoms in total. The van der Waals surface area contributed by atoms with Gasteiger partial charge in [-0.15, -0.1) is 0 Å². The average Bonchev–Trinajstić information content (AvgIpc) is 2.74. The van der Waals surface area contributed by atoms with Gasteiger partial charge in [-0.3, -0.25) is 0 Å². The predicted molar refractivity (Wildman–Crippen MR) is 66.5 cm³/mol. The highest BCUT2D eigenvalue weighted by Crippen LogP contribution is 2.25. The van der Waals surface area contributed by atoms with E-state index in [1.54, 1.807) is 0 Å².